The highest BCUT2D eigenvalue weighted by Crippen LogP contribution is 2.25. The third-order valence-corrected chi connectivity index (χ3v) is 4.37. The number of benzene rings is 1. The van der Waals surface area contributed by atoms with Gasteiger partial charge in [0.05, 0.1) is 11.0 Å². The molecule has 0 saturated heterocycles. The summed E-state index contributed by atoms with van der Waals surface area (Å²) in [5.41, 5.74) is 1.63. The minimum Gasteiger partial charge on any atom is -0.461 e. The zero-order valence-electron chi connectivity index (χ0n) is 12.9. The molecule has 5 heteroatoms. The van der Waals surface area contributed by atoms with E-state index in [4.69, 9.17) is 4.74 Å². The van der Waals surface area contributed by atoms with Gasteiger partial charge in [0, 0.05) is 0 Å². The van der Waals surface area contributed by atoms with Crippen LogP contribution in [0.1, 0.15) is 50.9 Å². The third-order valence-electron chi connectivity index (χ3n) is 4.37. The maximum absolute atomic E-state index is 12.5. The minimum atomic E-state index is -0.489. The minimum absolute atomic E-state index is 0.0380. The van der Waals surface area contributed by atoms with E-state index < -0.39 is 6.04 Å². The molecule has 0 spiro atoms. The van der Waals surface area contributed by atoms with Crippen LogP contribution in [0.3, 0.4) is 0 Å². The number of aliphatic hydroxyl groups excluding tert-OH is 1. The number of ether oxygens (including phenoxy) is 1. The number of hydrogen-bond acceptors (Lipinski definition) is 4. The highest BCUT2D eigenvalue weighted by atomic mass is 16.5. The van der Waals surface area contributed by atoms with Gasteiger partial charge in [-0.15, -0.1) is 0 Å². The maximum atomic E-state index is 12.5. The monoisotopic (exact) mass is 302 g/mol. The molecule has 1 aliphatic carbocycles. The molecule has 1 atom stereocenters. The van der Waals surface area contributed by atoms with Gasteiger partial charge in [-0.05, 0) is 44.7 Å². The van der Waals surface area contributed by atoms with E-state index in [0.717, 1.165) is 36.7 Å². The number of hydrogen-bond donors (Lipinski definition) is 1. The van der Waals surface area contributed by atoms with Gasteiger partial charge in [0.2, 0.25) is 0 Å². The fraction of sp³-hybridized carbons (Fsp3) is 0.529. The van der Waals surface area contributed by atoms with Crippen LogP contribution in [-0.4, -0.2) is 26.7 Å². The smallest absolute Gasteiger partial charge is 0.329 e. The molecule has 1 heterocycles. The Morgan fingerprint density at radius 3 is 2.82 bits per heavy atom. The Morgan fingerprint density at radius 1 is 1.36 bits per heavy atom. The first-order valence-corrected chi connectivity index (χ1v) is 7.98. The van der Waals surface area contributed by atoms with Gasteiger partial charge in [-0.2, -0.15) is 0 Å². The number of rotatable bonds is 4. The van der Waals surface area contributed by atoms with Crippen molar-refractivity contribution in [3.63, 3.8) is 0 Å². The van der Waals surface area contributed by atoms with Crippen molar-refractivity contribution < 1.29 is 14.6 Å². The summed E-state index contributed by atoms with van der Waals surface area (Å²) in [5.74, 6) is 0.249. The lowest BCUT2D eigenvalue weighted by Gasteiger charge is -2.24. The van der Waals surface area contributed by atoms with Crippen molar-refractivity contribution in [2.24, 2.45) is 0 Å². The SMILES string of the molecule is CC(C(=O)OC1CCCCC1)n1c(CO)nc2ccccc21. The Labute approximate surface area is 129 Å². The predicted octanol–water partition coefficient (Wildman–Crippen LogP) is 2.97. The van der Waals surface area contributed by atoms with E-state index in [1.54, 1.807) is 11.5 Å². The largest absolute Gasteiger partial charge is 0.461 e. The number of fused-ring (bicyclic) bond motifs is 1. The molecule has 1 unspecified atom stereocenters. The van der Waals surface area contributed by atoms with Gasteiger partial charge in [-0.1, -0.05) is 18.6 Å². The quantitative estimate of drug-likeness (QED) is 0.882. The molecule has 1 aromatic heterocycles. The lowest BCUT2D eigenvalue weighted by Crippen LogP contribution is -2.27. The highest BCUT2D eigenvalue weighted by Gasteiger charge is 2.25. The average Bonchev–Trinajstić information content (AvgIpc) is 2.93. The molecule has 2 aromatic rings. The first-order valence-electron chi connectivity index (χ1n) is 7.98. The zero-order valence-corrected chi connectivity index (χ0v) is 12.9. The van der Waals surface area contributed by atoms with Gasteiger partial charge >= 0.3 is 5.97 Å². The number of carbonyl (C=O) groups is 1. The second-order valence-electron chi connectivity index (χ2n) is 5.92. The Kier molecular flexibility index (Phi) is 4.43. The van der Waals surface area contributed by atoms with Gasteiger partial charge in [0.25, 0.3) is 0 Å². The van der Waals surface area contributed by atoms with E-state index in [1.165, 1.54) is 6.42 Å². The van der Waals surface area contributed by atoms with E-state index in [2.05, 4.69) is 4.98 Å². The van der Waals surface area contributed by atoms with Gasteiger partial charge in [-0.3, -0.25) is 0 Å². The van der Waals surface area contributed by atoms with Crippen molar-refractivity contribution in [3.05, 3.63) is 30.1 Å². The van der Waals surface area contributed by atoms with Crippen LogP contribution in [0.2, 0.25) is 0 Å². The molecular weight excluding hydrogens is 280 g/mol. The van der Waals surface area contributed by atoms with Crippen molar-refractivity contribution in [1.29, 1.82) is 0 Å². The Hall–Kier alpha value is -1.88. The van der Waals surface area contributed by atoms with E-state index in [1.807, 2.05) is 24.3 Å². The molecule has 1 fully saturated rings. The van der Waals surface area contributed by atoms with Gasteiger partial charge in [-0.25, -0.2) is 9.78 Å². The van der Waals surface area contributed by atoms with E-state index >= 15 is 0 Å². The highest BCUT2D eigenvalue weighted by molar-refractivity contribution is 5.81. The Balaban J connectivity index is 1.84. The summed E-state index contributed by atoms with van der Waals surface area (Å²) in [6, 6.07) is 7.10. The molecule has 1 saturated carbocycles. The Morgan fingerprint density at radius 2 is 2.09 bits per heavy atom. The molecule has 1 aliphatic rings. The van der Waals surface area contributed by atoms with E-state index in [-0.39, 0.29) is 18.7 Å². The summed E-state index contributed by atoms with van der Waals surface area (Å²) in [4.78, 5) is 16.9. The summed E-state index contributed by atoms with van der Waals surface area (Å²) >= 11 is 0. The number of aromatic nitrogens is 2. The van der Waals surface area contributed by atoms with Crippen molar-refractivity contribution in [1.82, 2.24) is 9.55 Å². The topological polar surface area (TPSA) is 64.3 Å². The molecule has 0 amide bonds. The van der Waals surface area contributed by atoms with Crippen LogP contribution in [0, 0.1) is 0 Å². The molecule has 1 aromatic carbocycles. The zero-order chi connectivity index (χ0) is 15.5. The van der Waals surface area contributed by atoms with Crippen molar-refractivity contribution in [3.8, 4) is 0 Å². The number of esters is 1. The van der Waals surface area contributed by atoms with Crippen molar-refractivity contribution >= 4 is 17.0 Å². The molecule has 0 bridgehead atoms. The number of para-hydroxylation sites is 2. The van der Waals surface area contributed by atoms with Gasteiger partial charge < -0.3 is 14.4 Å². The number of aliphatic hydroxyl groups is 1. The summed E-state index contributed by atoms with van der Waals surface area (Å²) in [5, 5.41) is 9.54. The first-order chi connectivity index (χ1) is 10.7. The molecule has 0 aliphatic heterocycles. The first kappa shape index (κ1) is 15.0. The summed E-state index contributed by atoms with van der Waals surface area (Å²) in [7, 11) is 0. The third kappa shape index (κ3) is 2.86. The van der Waals surface area contributed by atoms with Crippen molar-refractivity contribution in [2.75, 3.05) is 0 Å². The van der Waals surface area contributed by atoms with Crippen LogP contribution in [0.4, 0.5) is 0 Å². The molecule has 118 valence electrons. The summed E-state index contributed by atoms with van der Waals surface area (Å²) in [6.07, 6.45) is 5.43. The van der Waals surface area contributed by atoms with Crippen LogP contribution < -0.4 is 0 Å². The van der Waals surface area contributed by atoms with Crippen LogP contribution in [0.5, 0.6) is 0 Å². The fourth-order valence-electron chi connectivity index (χ4n) is 3.19. The van der Waals surface area contributed by atoms with Gasteiger partial charge in [0.1, 0.15) is 24.6 Å². The molecule has 1 N–H and O–H groups in total. The maximum Gasteiger partial charge on any atom is 0.329 e. The summed E-state index contributed by atoms with van der Waals surface area (Å²) in [6.45, 7) is 1.61. The van der Waals surface area contributed by atoms with Crippen molar-refractivity contribution in [2.45, 2.75) is 57.8 Å². The fourth-order valence-corrected chi connectivity index (χ4v) is 3.19. The summed E-state index contributed by atoms with van der Waals surface area (Å²) < 4.78 is 7.43. The number of imidazole rings is 1. The van der Waals surface area contributed by atoms with Crippen LogP contribution in [0.15, 0.2) is 24.3 Å². The molecule has 5 nitrogen and oxygen atoms in total. The standard InChI is InChI=1S/C17H22N2O3/c1-12(17(21)22-13-7-3-2-4-8-13)19-15-10-6-5-9-14(15)18-16(19)11-20/h5-6,9-10,12-13,20H,2-4,7-8,11H2,1H3. The van der Waals surface area contributed by atoms with E-state index in [9.17, 15) is 9.90 Å². The number of nitrogens with zero attached hydrogens (tertiary/aromatic N) is 2. The molecule has 0 radical (unpaired) electrons. The van der Waals surface area contributed by atoms with E-state index in [0.29, 0.717) is 5.82 Å². The predicted molar refractivity (Wildman–Crippen MR) is 83.3 cm³/mol. The average molecular weight is 302 g/mol. The van der Waals surface area contributed by atoms with Crippen LogP contribution in [-0.2, 0) is 16.1 Å². The van der Waals surface area contributed by atoms with Gasteiger partial charge in [0.15, 0.2) is 0 Å². The molecule has 3 rings (SSSR count). The normalized spacial score (nSPS) is 17.5. The molecule has 22 heavy (non-hydrogen) atoms. The lowest BCUT2D eigenvalue weighted by molar-refractivity contribution is -0.154. The second-order valence-corrected chi connectivity index (χ2v) is 5.92. The lowest BCUT2D eigenvalue weighted by atomic mass is 9.98. The second kappa shape index (κ2) is 6.48. The van der Waals surface area contributed by atoms with Crippen LogP contribution >= 0.6 is 0 Å². The van der Waals surface area contributed by atoms with Crippen LogP contribution in [0.25, 0.3) is 11.0 Å². The molecular formula is C17H22N2O3. The Bertz CT molecular complexity index is 659. The number of carbonyl (C=O) groups excluding carboxylic acids is 1.